The van der Waals surface area contributed by atoms with Crippen LogP contribution in [0.1, 0.15) is 41.6 Å². The number of halogens is 3. The number of nitrogens with two attached hydrogens (primary N) is 1. The quantitative estimate of drug-likeness (QED) is 0.868. The Hall–Kier alpha value is -1.72. The van der Waals surface area contributed by atoms with Gasteiger partial charge in [-0.2, -0.15) is 13.2 Å². The minimum atomic E-state index is -4.55. The van der Waals surface area contributed by atoms with Gasteiger partial charge in [-0.1, -0.05) is 12.8 Å². The second-order valence-electron chi connectivity index (χ2n) is 5.64. The molecule has 0 unspecified atom stereocenters. The molecule has 1 aliphatic carbocycles. The summed E-state index contributed by atoms with van der Waals surface area (Å²) in [6.45, 7) is 0.588. The average molecular weight is 300 g/mol. The van der Waals surface area contributed by atoms with Crippen molar-refractivity contribution in [1.29, 1.82) is 0 Å². The highest BCUT2D eigenvalue weighted by Gasteiger charge is 2.34. The number of benzene rings is 1. The van der Waals surface area contributed by atoms with Crippen LogP contribution in [0, 0.1) is 5.92 Å². The third-order valence-electron chi connectivity index (χ3n) is 3.96. The summed E-state index contributed by atoms with van der Waals surface area (Å²) in [5.74, 6) is 0.0576. The maximum Gasteiger partial charge on any atom is 0.418 e. The summed E-state index contributed by atoms with van der Waals surface area (Å²) >= 11 is 0. The number of amides is 1. The van der Waals surface area contributed by atoms with Crippen LogP contribution in [0.3, 0.4) is 0 Å². The molecule has 21 heavy (non-hydrogen) atoms. The number of anilines is 1. The van der Waals surface area contributed by atoms with Gasteiger partial charge in [-0.25, -0.2) is 0 Å². The number of hydrogen-bond acceptors (Lipinski definition) is 2. The highest BCUT2D eigenvalue weighted by molar-refractivity contribution is 5.94. The summed E-state index contributed by atoms with van der Waals surface area (Å²) in [6.07, 6.45) is -0.0791. The lowest BCUT2D eigenvalue weighted by atomic mass is 10.1. The van der Waals surface area contributed by atoms with Crippen molar-refractivity contribution in [2.75, 3.05) is 19.3 Å². The van der Waals surface area contributed by atoms with E-state index >= 15 is 0 Å². The van der Waals surface area contributed by atoms with Crippen LogP contribution in [-0.4, -0.2) is 24.4 Å². The van der Waals surface area contributed by atoms with Gasteiger partial charge < -0.3 is 10.6 Å². The Kier molecular flexibility index (Phi) is 4.44. The number of nitrogen functional groups attached to an aromatic ring is 1. The molecule has 0 saturated heterocycles. The van der Waals surface area contributed by atoms with Gasteiger partial charge >= 0.3 is 6.18 Å². The fraction of sp³-hybridized carbons (Fsp3) is 0.533. The van der Waals surface area contributed by atoms with Crippen molar-refractivity contribution in [2.24, 2.45) is 5.92 Å². The smallest absolute Gasteiger partial charge is 0.398 e. The topological polar surface area (TPSA) is 46.3 Å². The van der Waals surface area contributed by atoms with Crippen LogP contribution in [-0.2, 0) is 6.18 Å². The lowest BCUT2D eigenvalue weighted by Gasteiger charge is -2.22. The molecule has 0 atom stereocenters. The normalized spacial score (nSPS) is 16.2. The molecule has 2 rings (SSSR count). The molecule has 1 aromatic carbocycles. The van der Waals surface area contributed by atoms with Gasteiger partial charge in [-0.15, -0.1) is 0 Å². The summed E-state index contributed by atoms with van der Waals surface area (Å²) in [4.78, 5) is 13.7. The van der Waals surface area contributed by atoms with Crippen molar-refractivity contribution in [1.82, 2.24) is 4.90 Å². The molecular weight excluding hydrogens is 281 g/mol. The molecule has 0 spiro atoms. The minimum absolute atomic E-state index is 0.0250. The first-order valence-electron chi connectivity index (χ1n) is 7.01. The van der Waals surface area contributed by atoms with Crippen LogP contribution in [0.25, 0.3) is 0 Å². The molecule has 1 amide bonds. The largest absolute Gasteiger partial charge is 0.418 e. The monoisotopic (exact) mass is 300 g/mol. The number of rotatable bonds is 3. The first-order valence-corrected chi connectivity index (χ1v) is 7.01. The van der Waals surface area contributed by atoms with Crippen LogP contribution in [0.5, 0.6) is 0 Å². The summed E-state index contributed by atoms with van der Waals surface area (Å²) < 4.78 is 38.4. The van der Waals surface area contributed by atoms with E-state index in [4.69, 9.17) is 5.73 Å². The van der Waals surface area contributed by atoms with Gasteiger partial charge in [0.15, 0.2) is 0 Å². The zero-order valence-corrected chi connectivity index (χ0v) is 11.9. The van der Waals surface area contributed by atoms with E-state index in [-0.39, 0.29) is 11.3 Å². The first kappa shape index (κ1) is 15.7. The van der Waals surface area contributed by atoms with E-state index in [0.29, 0.717) is 12.5 Å². The van der Waals surface area contributed by atoms with Gasteiger partial charge in [-0.3, -0.25) is 4.79 Å². The number of carbonyl (C=O) groups is 1. The molecule has 1 fully saturated rings. The zero-order valence-electron chi connectivity index (χ0n) is 11.9. The van der Waals surface area contributed by atoms with Gasteiger partial charge in [-0.05, 0) is 37.0 Å². The minimum Gasteiger partial charge on any atom is -0.398 e. The van der Waals surface area contributed by atoms with Gasteiger partial charge in [0.05, 0.1) is 5.56 Å². The van der Waals surface area contributed by atoms with Gasteiger partial charge in [0.2, 0.25) is 0 Å². The maximum absolute atomic E-state index is 12.8. The van der Waals surface area contributed by atoms with E-state index in [2.05, 4.69) is 0 Å². The Balaban J connectivity index is 2.15. The molecule has 0 aliphatic heterocycles. The van der Waals surface area contributed by atoms with Crippen LogP contribution in [0.2, 0.25) is 0 Å². The lowest BCUT2D eigenvalue weighted by molar-refractivity contribution is -0.136. The lowest BCUT2D eigenvalue weighted by Crippen LogP contribution is -2.31. The number of alkyl halides is 3. The summed E-state index contributed by atoms with van der Waals surface area (Å²) in [5.41, 5.74) is 4.04. The average Bonchev–Trinajstić information content (AvgIpc) is 2.90. The van der Waals surface area contributed by atoms with Gasteiger partial charge in [0, 0.05) is 24.8 Å². The fourth-order valence-electron chi connectivity index (χ4n) is 2.82. The highest BCUT2D eigenvalue weighted by Crippen LogP contribution is 2.34. The Morgan fingerprint density at radius 2 is 1.95 bits per heavy atom. The summed E-state index contributed by atoms with van der Waals surface area (Å²) in [7, 11) is 1.63. The Bertz CT molecular complexity index is 522. The van der Waals surface area contributed by atoms with Crippen LogP contribution in [0.4, 0.5) is 18.9 Å². The highest BCUT2D eigenvalue weighted by atomic mass is 19.4. The number of nitrogens with zero attached hydrogens (tertiary/aromatic N) is 1. The van der Waals surface area contributed by atoms with Gasteiger partial charge in [0.1, 0.15) is 0 Å². The van der Waals surface area contributed by atoms with Crippen LogP contribution >= 0.6 is 0 Å². The molecular formula is C15H19F3N2O. The molecule has 116 valence electrons. The molecule has 0 heterocycles. The number of hydrogen-bond donors (Lipinski definition) is 1. The fourth-order valence-corrected chi connectivity index (χ4v) is 2.82. The standard InChI is InChI=1S/C15H19F3N2O/c1-20(9-10-4-2-3-5-10)14(21)11-6-7-13(19)12(8-11)15(16,17)18/h6-8,10H,2-5,9,19H2,1H3. The second kappa shape index (κ2) is 5.95. The van der Waals surface area contributed by atoms with Crippen molar-refractivity contribution >= 4 is 11.6 Å². The van der Waals surface area contributed by atoms with Crippen molar-refractivity contribution < 1.29 is 18.0 Å². The van der Waals surface area contributed by atoms with E-state index in [0.717, 1.165) is 37.8 Å². The van der Waals surface area contributed by atoms with E-state index < -0.39 is 17.6 Å². The zero-order chi connectivity index (χ0) is 15.6. The molecule has 3 nitrogen and oxygen atoms in total. The summed E-state index contributed by atoms with van der Waals surface area (Å²) in [6, 6.07) is 3.32. The molecule has 0 radical (unpaired) electrons. The molecule has 0 aromatic heterocycles. The molecule has 0 bridgehead atoms. The van der Waals surface area contributed by atoms with Crippen molar-refractivity contribution in [2.45, 2.75) is 31.9 Å². The van der Waals surface area contributed by atoms with Crippen molar-refractivity contribution in [3.05, 3.63) is 29.3 Å². The molecule has 2 N–H and O–H groups in total. The molecule has 1 saturated carbocycles. The Morgan fingerprint density at radius 1 is 1.33 bits per heavy atom. The third-order valence-corrected chi connectivity index (χ3v) is 3.96. The Morgan fingerprint density at radius 3 is 2.52 bits per heavy atom. The SMILES string of the molecule is CN(CC1CCCC1)C(=O)c1ccc(N)c(C(F)(F)F)c1. The van der Waals surface area contributed by atoms with E-state index in [9.17, 15) is 18.0 Å². The maximum atomic E-state index is 12.8. The predicted molar refractivity (Wildman–Crippen MR) is 74.8 cm³/mol. The van der Waals surface area contributed by atoms with Crippen molar-refractivity contribution in [3.8, 4) is 0 Å². The van der Waals surface area contributed by atoms with Gasteiger partial charge in [0.25, 0.3) is 5.91 Å². The van der Waals surface area contributed by atoms with E-state index in [1.165, 1.54) is 11.0 Å². The molecule has 1 aromatic rings. The second-order valence-corrected chi connectivity index (χ2v) is 5.64. The molecule has 6 heteroatoms. The summed E-state index contributed by atoms with van der Waals surface area (Å²) in [5, 5.41) is 0. The number of carbonyl (C=O) groups excluding carboxylic acids is 1. The van der Waals surface area contributed by atoms with Crippen molar-refractivity contribution in [3.63, 3.8) is 0 Å². The van der Waals surface area contributed by atoms with Crippen LogP contribution in [0.15, 0.2) is 18.2 Å². The molecule has 1 aliphatic rings. The van der Waals surface area contributed by atoms with E-state index in [1.807, 2.05) is 0 Å². The first-order chi connectivity index (χ1) is 9.79. The Labute approximate surface area is 121 Å². The van der Waals surface area contributed by atoms with Crippen LogP contribution < -0.4 is 5.73 Å². The third kappa shape index (κ3) is 3.68. The predicted octanol–water partition coefficient (Wildman–Crippen LogP) is 3.55. The van der Waals surface area contributed by atoms with E-state index in [1.54, 1.807) is 7.05 Å².